The summed E-state index contributed by atoms with van der Waals surface area (Å²) in [6.07, 6.45) is 2.69. The molecule has 1 aliphatic heterocycles. The molecule has 0 unspecified atom stereocenters. The number of carbonyl (C=O) groups excluding carboxylic acids is 1. The number of hydrogen-bond acceptors (Lipinski definition) is 6. The van der Waals surface area contributed by atoms with Crippen molar-refractivity contribution >= 4 is 34.6 Å². The number of aryl methyl sites for hydroxylation is 1. The first kappa shape index (κ1) is 27.0. The first-order valence-electron chi connectivity index (χ1n) is 12.7. The molecule has 194 valence electrons. The van der Waals surface area contributed by atoms with Crippen LogP contribution in [0.4, 0.5) is 5.69 Å². The van der Waals surface area contributed by atoms with Crippen LogP contribution in [0.25, 0.3) is 6.08 Å². The standard InChI is InChI=1S/C31H31N3O3S/c1-5-22(4)34-30(35)29(38-31(34)33-26-14-11-21(3)12-15-26)18-23-13-16-27(28(17-23)36-6-2)37-20-25-10-8-7-9-24(25)19-32/h7-18,22H,5-6,20H2,1-4H3/b29-18+,33-31?/t22-/m1/s1. The van der Waals surface area contributed by atoms with E-state index in [0.29, 0.717) is 33.7 Å². The zero-order chi connectivity index (χ0) is 27.1. The first-order chi connectivity index (χ1) is 18.4. The predicted octanol–water partition coefficient (Wildman–Crippen LogP) is 7.25. The van der Waals surface area contributed by atoms with E-state index >= 15 is 0 Å². The third-order valence-corrected chi connectivity index (χ3v) is 7.20. The van der Waals surface area contributed by atoms with Crippen LogP contribution in [0.15, 0.2) is 76.6 Å². The molecule has 0 N–H and O–H groups in total. The number of ether oxygens (including phenoxy) is 2. The molecule has 1 fully saturated rings. The van der Waals surface area contributed by atoms with Crippen LogP contribution in [-0.2, 0) is 11.4 Å². The molecule has 1 atom stereocenters. The summed E-state index contributed by atoms with van der Waals surface area (Å²) in [6, 6.07) is 23.2. The maximum atomic E-state index is 13.4. The Morgan fingerprint density at radius 1 is 1.05 bits per heavy atom. The molecule has 1 aliphatic rings. The minimum atomic E-state index is -0.0541. The highest BCUT2D eigenvalue weighted by atomic mass is 32.2. The molecule has 7 heteroatoms. The van der Waals surface area contributed by atoms with Gasteiger partial charge in [-0.15, -0.1) is 0 Å². The van der Waals surface area contributed by atoms with Crippen LogP contribution in [0.2, 0.25) is 0 Å². The fraction of sp³-hybridized carbons (Fsp3) is 0.258. The van der Waals surface area contributed by atoms with Gasteiger partial charge < -0.3 is 9.47 Å². The molecule has 6 nitrogen and oxygen atoms in total. The topological polar surface area (TPSA) is 74.9 Å². The number of aliphatic imine (C=N–C) groups is 1. The second kappa shape index (κ2) is 12.5. The van der Waals surface area contributed by atoms with Crippen LogP contribution >= 0.6 is 11.8 Å². The summed E-state index contributed by atoms with van der Waals surface area (Å²) in [5.41, 5.74) is 4.20. The highest BCUT2D eigenvalue weighted by Crippen LogP contribution is 2.37. The summed E-state index contributed by atoms with van der Waals surface area (Å²) >= 11 is 1.38. The van der Waals surface area contributed by atoms with Crippen LogP contribution in [0, 0.1) is 18.3 Å². The number of carbonyl (C=O) groups is 1. The lowest BCUT2D eigenvalue weighted by Gasteiger charge is -2.22. The van der Waals surface area contributed by atoms with Crippen molar-refractivity contribution in [3.63, 3.8) is 0 Å². The van der Waals surface area contributed by atoms with Gasteiger partial charge in [-0.2, -0.15) is 5.26 Å². The minimum Gasteiger partial charge on any atom is -0.490 e. The van der Waals surface area contributed by atoms with Crippen LogP contribution < -0.4 is 9.47 Å². The molecule has 1 amide bonds. The molecule has 0 aliphatic carbocycles. The highest BCUT2D eigenvalue weighted by Gasteiger charge is 2.36. The maximum Gasteiger partial charge on any atom is 0.266 e. The molecule has 0 bridgehead atoms. The Balaban J connectivity index is 1.61. The number of amidine groups is 1. The van der Waals surface area contributed by atoms with Crippen LogP contribution in [0.1, 0.15) is 49.4 Å². The fourth-order valence-electron chi connectivity index (χ4n) is 3.93. The van der Waals surface area contributed by atoms with Gasteiger partial charge in [-0.25, -0.2) is 4.99 Å². The van der Waals surface area contributed by atoms with E-state index in [0.717, 1.165) is 28.8 Å². The normalized spacial score (nSPS) is 16.1. The average Bonchev–Trinajstić information content (AvgIpc) is 3.23. The molecule has 0 spiro atoms. The molecule has 1 saturated heterocycles. The lowest BCUT2D eigenvalue weighted by molar-refractivity contribution is -0.123. The van der Waals surface area contributed by atoms with Gasteiger partial charge in [0.05, 0.1) is 28.8 Å². The van der Waals surface area contributed by atoms with Crippen molar-refractivity contribution in [1.29, 1.82) is 5.26 Å². The second-order valence-electron chi connectivity index (χ2n) is 8.97. The largest absolute Gasteiger partial charge is 0.490 e. The lowest BCUT2D eigenvalue weighted by Crippen LogP contribution is -2.36. The third-order valence-electron chi connectivity index (χ3n) is 6.21. The van der Waals surface area contributed by atoms with Gasteiger partial charge in [0.2, 0.25) is 0 Å². The molecule has 3 aromatic carbocycles. The Labute approximate surface area is 228 Å². The molecular weight excluding hydrogens is 494 g/mol. The Bertz CT molecular complexity index is 1410. The molecular formula is C31H31N3O3S. The summed E-state index contributed by atoms with van der Waals surface area (Å²) in [5.74, 6) is 1.11. The summed E-state index contributed by atoms with van der Waals surface area (Å²) in [7, 11) is 0. The number of thioether (sulfide) groups is 1. The predicted molar refractivity (Wildman–Crippen MR) is 154 cm³/mol. The van der Waals surface area contributed by atoms with Crippen LogP contribution in [0.3, 0.4) is 0 Å². The third kappa shape index (κ3) is 6.27. The SMILES string of the molecule is CCOc1cc(/C=C2/SC(=Nc3ccc(C)cc3)N([C@H](C)CC)C2=O)ccc1OCc1ccccc1C#N. The number of nitriles is 1. The van der Waals surface area contributed by atoms with E-state index in [9.17, 15) is 10.1 Å². The number of rotatable bonds is 9. The molecule has 0 saturated carbocycles. The van der Waals surface area contributed by atoms with E-state index < -0.39 is 0 Å². The average molecular weight is 526 g/mol. The van der Waals surface area contributed by atoms with Crippen LogP contribution in [0.5, 0.6) is 11.5 Å². The second-order valence-corrected chi connectivity index (χ2v) is 9.98. The minimum absolute atomic E-state index is 0.0242. The molecule has 0 aromatic heterocycles. The van der Waals surface area contributed by atoms with Crippen molar-refractivity contribution in [1.82, 2.24) is 4.90 Å². The van der Waals surface area contributed by atoms with Crippen molar-refractivity contribution in [2.24, 2.45) is 4.99 Å². The fourth-order valence-corrected chi connectivity index (χ4v) is 5.02. The Morgan fingerprint density at radius 3 is 2.53 bits per heavy atom. The summed E-state index contributed by atoms with van der Waals surface area (Å²) < 4.78 is 11.9. The van der Waals surface area contributed by atoms with Crippen molar-refractivity contribution < 1.29 is 14.3 Å². The van der Waals surface area contributed by atoms with Gasteiger partial charge in [0.1, 0.15) is 6.61 Å². The lowest BCUT2D eigenvalue weighted by atomic mass is 10.1. The molecule has 4 rings (SSSR count). The quantitative estimate of drug-likeness (QED) is 0.275. The number of hydrogen-bond donors (Lipinski definition) is 0. The van der Waals surface area contributed by atoms with Gasteiger partial charge in [-0.05, 0) is 80.9 Å². The van der Waals surface area contributed by atoms with E-state index in [1.807, 2.05) is 87.5 Å². The molecule has 1 heterocycles. The number of amides is 1. The zero-order valence-electron chi connectivity index (χ0n) is 22.1. The van der Waals surface area contributed by atoms with E-state index in [1.54, 1.807) is 11.0 Å². The Morgan fingerprint density at radius 2 is 1.82 bits per heavy atom. The van der Waals surface area contributed by atoms with E-state index in [2.05, 4.69) is 13.0 Å². The van der Waals surface area contributed by atoms with Crippen molar-refractivity contribution in [3.05, 3.63) is 93.9 Å². The van der Waals surface area contributed by atoms with Gasteiger partial charge in [0.25, 0.3) is 5.91 Å². The maximum absolute atomic E-state index is 13.4. The van der Waals surface area contributed by atoms with E-state index in [-0.39, 0.29) is 18.6 Å². The molecule has 38 heavy (non-hydrogen) atoms. The zero-order valence-corrected chi connectivity index (χ0v) is 22.9. The van der Waals surface area contributed by atoms with E-state index in [1.165, 1.54) is 11.8 Å². The van der Waals surface area contributed by atoms with Gasteiger partial charge in [-0.1, -0.05) is 48.9 Å². The Kier molecular flexibility index (Phi) is 8.88. The molecule has 0 radical (unpaired) electrons. The van der Waals surface area contributed by atoms with Crippen molar-refractivity contribution in [2.75, 3.05) is 6.61 Å². The monoisotopic (exact) mass is 525 g/mol. The van der Waals surface area contributed by atoms with Crippen molar-refractivity contribution in [2.45, 2.75) is 46.8 Å². The number of benzene rings is 3. The van der Waals surface area contributed by atoms with Gasteiger partial charge in [-0.3, -0.25) is 9.69 Å². The van der Waals surface area contributed by atoms with Crippen molar-refractivity contribution in [3.8, 4) is 17.6 Å². The van der Waals surface area contributed by atoms with Gasteiger partial charge >= 0.3 is 0 Å². The summed E-state index contributed by atoms with van der Waals surface area (Å²) in [5, 5.41) is 10.0. The Hall–Kier alpha value is -4.02. The molecule has 3 aromatic rings. The smallest absolute Gasteiger partial charge is 0.266 e. The number of nitrogens with zero attached hydrogens (tertiary/aromatic N) is 3. The first-order valence-corrected chi connectivity index (χ1v) is 13.5. The summed E-state index contributed by atoms with van der Waals surface area (Å²) in [6.45, 7) is 8.77. The van der Waals surface area contributed by atoms with Gasteiger partial charge in [0.15, 0.2) is 16.7 Å². The highest BCUT2D eigenvalue weighted by molar-refractivity contribution is 8.18. The van der Waals surface area contributed by atoms with E-state index in [4.69, 9.17) is 14.5 Å². The van der Waals surface area contributed by atoms with Crippen LogP contribution in [-0.4, -0.2) is 28.6 Å². The van der Waals surface area contributed by atoms with Gasteiger partial charge in [0, 0.05) is 11.6 Å². The summed E-state index contributed by atoms with van der Waals surface area (Å²) in [4.78, 5) is 20.6.